The third-order valence-corrected chi connectivity index (χ3v) is 3.55. The van der Waals surface area contributed by atoms with Crippen molar-refractivity contribution in [2.75, 3.05) is 0 Å². The van der Waals surface area contributed by atoms with Crippen molar-refractivity contribution in [2.45, 2.75) is 38.7 Å². The van der Waals surface area contributed by atoms with E-state index in [9.17, 15) is 5.11 Å². The Balaban J connectivity index is 2.14. The predicted octanol–water partition coefficient (Wildman–Crippen LogP) is 2.99. The number of hydrogen-bond donors (Lipinski definition) is 1. The minimum atomic E-state index is -0.401. The van der Waals surface area contributed by atoms with Gasteiger partial charge in [-0.1, -0.05) is 6.08 Å². The van der Waals surface area contributed by atoms with Gasteiger partial charge >= 0.3 is 0 Å². The second kappa shape index (κ2) is 4.24. The van der Waals surface area contributed by atoms with Gasteiger partial charge in [-0.15, -0.1) is 11.3 Å². The summed E-state index contributed by atoms with van der Waals surface area (Å²) < 4.78 is 0. The van der Waals surface area contributed by atoms with Gasteiger partial charge in [0.25, 0.3) is 0 Å². The summed E-state index contributed by atoms with van der Waals surface area (Å²) in [4.78, 5) is 5.15. The number of thiazole rings is 1. The molecule has 0 saturated carbocycles. The molecule has 1 aliphatic carbocycles. The van der Waals surface area contributed by atoms with Crippen LogP contribution >= 0.6 is 11.3 Å². The average Bonchev–Trinajstić information content (AvgIpc) is 2.65. The molecule has 0 bridgehead atoms. The normalized spacial score (nSPS) is 19.1. The monoisotopic (exact) mass is 209 g/mol. The van der Waals surface area contributed by atoms with Crippen molar-refractivity contribution in [3.8, 4) is 0 Å². The standard InChI is InChI=1S/C11H15NOS/c1-8-12-7-10(14-8)11(13)9-5-3-2-4-6-9/h5,7,11,13H,2-4,6H2,1H3. The maximum Gasteiger partial charge on any atom is 0.111 e. The van der Waals surface area contributed by atoms with E-state index >= 15 is 0 Å². The first-order valence-electron chi connectivity index (χ1n) is 5.06. The highest BCUT2D eigenvalue weighted by molar-refractivity contribution is 7.11. The lowest BCUT2D eigenvalue weighted by Crippen LogP contribution is -2.02. The zero-order chi connectivity index (χ0) is 9.97. The molecule has 1 heterocycles. The molecule has 0 aromatic carbocycles. The van der Waals surface area contributed by atoms with Crippen molar-refractivity contribution in [1.29, 1.82) is 0 Å². The van der Waals surface area contributed by atoms with E-state index in [0.29, 0.717) is 0 Å². The number of rotatable bonds is 2. The van der Waals surface area contributed by atoms with Gasteiger partial charge in [-0.3, -0.25) is 0 Å². The lowest BCUT2D eigenvalue weighted by atomic mass is 9.95. The molecule has 0 spiro atoms. The Morgan fingerprint density at radius 3 is 2.93 bits per heavy atom. The highest BCUT2D eigenvalue weighted by atomic mass is 32.1. The minimum absolute atomic E-state index is 0.401. The molecule has 1 atom stereocenters. The molecule has 0 fully saturated rings. The Bertz CT molecular complexity index is 343. The quantitative estimate of drug-likeness (QED) is 0.760. The van der Waals surface area contributed by atoms with E-state index in [1.54, 1.807) is 17.5 Å². The summed E-state index contributed by atoms with van der Waals surface area (Å²) in [6.07, 6.45) is 8.20. The van der Waals surface area contributed by atoms with Crippen LogP contribution in [-0.2, 0) is 0 Å². The van der Waals surface area contributed by atoms with E-state index in [1.807, 2.05) is 6.92 Å². The second-order valence-electron chi connectivity index (χ2n) is 3.71. The van der Waals surface area contributed by atoms with E-state index in [-0.39, 0.29) is 0 Å². The molecule has 76 valence electrons. The van der Waals surface area contributed by atoms with Gasteiger partial charge in [-0.2, -0.15) is 0 Å². The summed E-state index contributed by atoms with van der Waals surface area (Å²) >= 11 is 1.59. The van der Waals surface area contributed by atoms with Gasteiger partial charge in [0.15, 0.2) is 0 Å². The van der Waals surface area contributed by atoms with Crippen LogP contribution in [0.2, 0.25) is 0 Å². The maximum atomic E-state index is 10.1. The van der Waals surface area contributed by atoms with Gasteiger partial charge in [0.05, 0.1) is 9.88 Å². The van der Waals surface area contributed by atoms with Crippen LogP contribution in [0.15, 0.2) is 17.8 Å². The van der Waals surface area contributed by atoms with Crippen LogP contribution in [-0.4, -0.2) is 10.1 Å². The zero-order valence-electron chi connectivity index (χ0n) is 8.36. The van der Waals surface area contributed by atoms with Crippen LogP contribution in [0.25, 0.3) is 0 Å². The van der Waals surface area contributed by atoms with E-state index in [2.05, 4.69) is 11.1 Å². The number of hydrogen-bond acceptors (Lipinski definition) is 3. The van der Waals surface area contributed by atoms with Crippen LogP contribution in [0.3, 0.4) is 0 Å². The van der Waals surface area contributed by atoms with Crippen molar-refractivity contribution in [2.24, 2.45) is 0 Å². The highest BCUT2D eigenvalue weighted by Crippen LogP contribution is 2.32. The fraction of sp³-hybridized carbons (Fsp3) is 0.545. The molecule has 1 aliphatic rings. The Morgan fingerprint density at radius 1 is 1.50 bits per heavy atom. The Kier molecular flexibility index (Phi) is 2.99. The van der Waals surface area contributed by atoms with Gasteiger partial charge in [-0.05, 0) is 38.2 Å². The molecule has 0 aliphatic heterocycles. The predicted molar refractivity (Wildman–Crippen MR) is 58.4 cm³/mol. The first kappa shape index (κ1) is 9.87. The number of aliphatic hydroxyl groups is 1. The molecule has 3 heteroatoms. The average molecular weight is 209 g/mol. The molecule has 1 aromatic heterocycles. The summed E-state index contributed by atoms with van der Waals surface area (Å²) in [5, 5.41) is 11.1. The molecular weight excluding hydrogens is 194 g/mol. The molecule has 1 unspecified atom stereocenters. The van der Waals surface area contributed by atoms with Gasteiger partial charge in [0.2, 0.25) is 0 Å². The Hall–Kier alpha value is -0.670. The van der Waals surface area contributed by atoms with Crippen LogP contribution in [0.5, 0.6) is 0 Å². The lowest BCUT2D eigenvalue weighted by Gasteiger charge is -2.16. The molecule has 2 nitrogen and oxygen atoms in total. The highest BCUT2D eigenvalue weighted by Gasteiger charge is 2.17. The zero-order valence-corrected chi connectivity index (χ0v) is 9.18. The van der Waals surface area contributed by atoms with Gasteiger partial charge in [0.1, 0.15) is 6.10 Å². The third-order valence-electron chi connectivity index (χ3n) is 2.59. The second-order valence-corrected chi connectivity index (χ2v) is 4.98. The van der Waals surface area contributed by atoms with Crippen LogP contribution < -0.4 is 0 Å². The fourth-order valence-corrected chi connectivity index (χ4v) is 2.61. The molecule has 1 aromatic rings. The Morgan fingerprint density at radius 2 is 2.36 bits per heavy atom. The molecule has 0 amide bonds. The van der Waals surface area contributed by atoms with Crippen LogP contribution in [0.1, 0.15) is 41.7 Å². The largest absolute Gasteiger partial charge is 0.383 e. The SMILES string of the molecule is Cc1ncc(C(O)C2=CCCCC2)s1. The summed E-state index contributed by atoms with van der Waals surface area (Å²) in [7, 11) is 0. The van der Waals surface area contributed by atoms with Crippen molar-refractivity contribution >= 4 is 11.3 Å². The number of nitrogens with zero attached hydrogens (tertiary/aromatic N) is 1. The van der Waals surface area contributed by atoms with Crippen LogP contribution in [0.4, 0.5) is 0 Å². The molecule has 2 rings (SSSR count). The molecule has 0 saturated heterocycles. The summed E-state index contributed by atoms with van der Waals surface area (Å²) in [5.41, 5.74) is 1.18. The summed E-state index contributed by atoms with van der Waals surface area (Å²) in [6.45, 7) is 1.97. The van der Waals surface area contributed by atoms with Crippen molar-refractivity contribution in [1.82, 2.24) is 4.98 Å². The number of aliphatic hydroxyl groups excluding tert-OH is 1. The number of aromatic nitrogens is 1. The molecule has 1 N–H and O–H groups in total. The van der Waals surface area contributed by atoms with Gasteiger partial charge in [-0.25, -0.2) is 4.98 Å². The first-order valence-corrected chi connectivity index (χ1v) is 5.88. The van der Waals surface area contributed by atoms with Gasteiger partial charge < -0.3 is 5.11 Å². The van der Waals surface area contributed by atoms with E-state index in [4.69, 9.17) is 0 Å². The third kappa shape index (κ3) is 2.04. The summed E-state index contributed by atoms with van der Waals surface area (Å²) in [5.74, 6) is 0. The van der Waals surface area contributed by atoms with Crippen molar-refractivity contribution in [3.63, 3.8) is 0 Å². The molecule has 14 heavy (non-hydrogen) atoms. The van der Waals surface area contributed by atoms with Gasteiger partial charge in [0, 0.05) is 6.20 Å². The summed E-state index contributed by atoms with van der Waals surface area (Å²) in [6, 6.07) is 0. The maximum absolute atomic E-state index is 10.1. The van der Waals surface area contributed by atoms with E-state index < -0.39 is 6.10 Å². The van der Waals surface area contributed by atoms with Crippen molar-refractivity contribution < 1.29 is 5.11 Å². The number of aryl methyl sites for hydroxylation is 1. The number of allylic oxidation sites excluding steroid dienone is 1. The van der Waals surface area contributed by atoms with E-state index in [1.165, 1.54) is 18.4 Å². The Labute approximate surface area is 88.3 Å². The lowest BCUT2D eigenvalue weighted by molar-refractivity contribution is 0.212. The minimum Gasteiger partial charge on any atom is -0.383 e. The van der Waals surface area contributed by atoms with E-state index in [0.717, 1.165) is 22.7 Å². The topological polar surface area (TPSA) is 33.1 Å². The van der Waals surface area contributed by atoms with Crippen molar-refractivity contribution in [3.05, 3.63) is 27.7 Å². The smallest absolute Gasteiger partial charge is 0.111 e. The first-order chi connectivity index (χ1) is 6.77. The molecule has 0 radical (unpaired) electrons. The fourth-order valence-electron chi connectivity index (χ4n) is 1.80. The van der Waals surface area contributed by atoms with Crippen LogP contribution in [0, 0.1) is 6.92 Å². The molecular formula is C11H15NOS.